The highest BCUT2D eigenvalue weighted by atomic mass is 19.1. The zero-order chi connectivity index (χ0) is 23.0. The van der Waals surface area contributed by atoms with Crippen LogP contribution in [0, 0.1) is 5.82 Å². The van der Waals surface area contributed by atoms with Crippen molar-refractivity contribution < 1.29 is 18.7 Å². The molecule has 1 aliphatic rings. The molecule has 0 atom stereocenters. The van der Waals surface area contributed by atoms with Gasteiger partial charge < -0.3 is 20.8 Å². The number of amides is 1. The van der Waals surface area contributed by atoms with Crippen LogP contribution in [0.15, 0.2) is 42.6 Å². The number of aromatic nitrogens is 2. The van der Waals surface area contributed by atoms with Crippen molar-refractivity contribution >= 4 is 29.1 Å². The second-order valence-electron chi connectivity index (χ2n) is 8.59. The average Bonchev–Trinajstić information content (AvgIpc) is 3.07. The molecule has 2 aromatic heterocycles. The van der Waals surface area contributed by atoms with E-state index in [9.17, 15) is 14.0 Å². The number of pyridine rings is 1. The first-order valence-electron chi connectivity index (χ1n) is 10.1. The maximum absolute atomic E-state index is 13.4. The molecule has 4 N–H and O–H groups in total. The molecule has 0 bridgehead atoms. The molecule has 166 valence electrons. The molecule has 1 aromatic carbocycles. The summed E-state index contributed by atoms with van der Waals surface area (Å²) in [4.78, 5) is 34.3. The van der Waals surface area contributed by atoms with Gasteiger partial charge in [-0.2, -0.15) is 0 Å². The summed E-state index contributed by atoms with van der Waals surface area (Å²) in [5, 5.41) is 3.22. The number of rotatable bonds is 3. The van der Waals surface area contributed by atoms with Crippen LogP contribution in [-0.4, -0.2) is 38.9 Å². The summed E-state index contributed by atoms with van der Waals surface area (Å²) in [5.41, 5.74) is 8.68. The number of H-pyrrole nitrogens is 1. The van der Waals surface area contributed by atoms with E-state index in [0.29, 0.717) is 39.7 Å². The second kappa shape index (κ2) is 7.99. The lowest BCUT2D eigenvalue weighted by Gasteiger charge is -2.29. The molecule has 9 heteroatoms. The molecule has 3 aromatic rings. The third-order valence-corrected chi connectivity index (χ3v) is 4.87. The smallest absolute Gasteiger partial charge is 0.411 e. The van der Waals surface area contributed by atoms with Crippen LogP contribution in [0.2, 0.25) is 0 Å². The molecule has 1 amide bonds. The van der Waals surface area contributed by atoms with Crippen LogP contribution < -0.4 is 11.1 Å². The van der Waals surface area contributed by atoms with Gasteiger partial charge >= 0.3 is 6.09 Å². The number of nitrogen functional groups attached to an aromatic ring is 1. The fourth-order valence-corrected chi connectivity index (χ4v) is 3.56. The number of anilines is 3. The number of carbonyl (C=O) groups excluding carboxylic acids is 2. The van der Waals surface area contributed by atoms with Crippen LogP contribution in [0.25, 0.3) is 11.3 Å². The highest BCUT2D eigenvalue weighted by Crippen LogP contribution is 2.38. The molecule has 4 rings (SSSR count). The van der Waals surface area contributed by atoms with Gasteiger partial charge in [-0.25, -0.2) is 14.2 Å². The summed E-state index contributed by atoms with van der Waals surface area (Å²) in [6.07, 6.45) is 1.01. The van der Waals surface area contributed by atoms with E-state index in [1.807, 2.05) is 0 Å². The Kier molecular flexibility index (Phi) is 5.33. The Bertz CT molecular complexity index is 1180. The molecule has 0 radical (unpaired) electrons. The van der Waals surface area contributed by atoms with E-state index in [4.69, 9.17) is 10.5 Å². The molecule has 32 heavy (non-hydrogen) atoms. The van der Waals surface area contributed by atoms with Crippen molar-refractivity contribution in [1.29, 1.82) is 0 Å². The van der Waals surface area contributed by atoms with E-state index < -0.39 is 11.7 Å². The standard InChI is InChI=1S/C23H24FN5O3/c1-23(2,3)32-22(31)29-11-16-19(17(30)12-29)21(27-15-6-4-14(24)5-7-15)20(28-16)13-8-9-26-18(25)10-13/h4-10,27-28H,11-12H2,1-3H3,(H2,25,26). The van der Waals surface area contributed by atoms with Gasteiger partial charge in [0.2, 0.25) is 0 Å². The van der Waals surface area contributed by atoms with Gasteiger partial charge in [-0.15, -0.1) is 0 Å². The number of ether oxygens (including phenoxy) is 1. The highest BCUT2D eigenvalue weighted by Gasteiger charge is 2.34. The normalized spacial score (nSPS) is 13.6. The van der Waals surface area contributed by atoms with Crippen LogP contribution in [-0.2, 0) is 11.3 Å². The number of fused-ring (bicyclic) bond motifs is 1. The monoisotopic (exact) mass is 437 g/mol. The van der Waals surface area contributed by atoms with Gasteiger partial charge in [-0.3, -0.25) is 9.69 Å². The number of benzene rings is 1. The van der Waals surface area contributed by atoms with E-state index in [1.165, 1.54) is 17.0 Å². The van der Waals surface area contributed by atoms with Crippen LogP contribution in [0.1, 0.15) is 36.8 Å². The van der Waals surface area contributed by atoms with Gasteiger partial charge in [-0.1, -0.05) is 0 Å². The van der Waals surface area contributed by atoms with Gasteiger partial charge in [0.15, 0.2) is 5.78 Å². The minimum absolute atomic E-state index is 0.115. The van der Waals surface area contributed by atoms with E-state index in [-0.39, 0.29) is 24.7 Å². The van der Waals surface area contributed by atoms with Gasteiger partial charge in [0.25, 0.3) is 0 Å². The summed E-state index contributed by atoms with van der Waals surface area (Å²) >= 11 is 0. The van der Waals surface area contributed by atoms with Crippen LogP contribution in [0.5, 0.6) is 0 Å². The molecular weight excluding hydrogens is 413 g/mol. The predicted molar refractivity (Wildman–Crippen MR) is 119 cm³/mol. The Morgan fingerprint density at radius 2 is 1.94 bits per heavy atom. The molecule has 0 saturated carbocycles. The molecule has 0 unspecified atom stereocenters. The minimum atomic E-state index is -0.675. The summed E-state index contributed by atoms with van der Waals surface area (Å²) in [7, 11) is 0. The summed E-state index contributed by atoms with van der Waals surface area (Å²) in [6, 6.07) is 9.28. The van der Waals surface area contributed by atoms with E-state index >= 15 is 0 Å². The molecule has 8 nitrogen and oxygen atoms in total. The number of carbonyl (C=O) groups is 2. The van der Waals surface area contributed by atoms with Gasteiger partial charge in [-0.05, 0) is 57.2 Å². The lowest BCUT2D eigenvalue weighted by Crippen LogP contribution is -2.42. The molecule has 0 spiro atoms. The second-order valence-corrected chi connectivity index (χ2v) is 8.59. The quantitative estimate of drug-likeness (QED) is 0.557. The fraction of sp³-hybridized carbons (Fsp3) is 0.261. The zero-order valence-electron chi connectivity index (χ0n) is 18.0. The summed E-state index contributed by atoms with van der Waals surface area (Å²) < 4.78 is 18.8. The van der Waals surface area contributed by atoms with Gasteiger partial charge in [0, 0.05) is 23.1 Å². The van der Waals surface area contributed by atoms with Crippen LogP contribution >= 0.6 is 0 Å². The lowest BCUT2D eigenvalue weighted by atomic mass is 10.0. The maximum Gasteiger partial charge on any atom is 0.411 e. The van der Waals surface area contributed by atoms with Gasteiger partial charge in [0.05, 0.1) is 30.0 Å². The largest absolute Gasteiger partial charge is 0.444 e. The SMILES string of the molecule is CC(C)(C)OC(=O)N1CC(=O)c2c([nH]c(-c3ccnc(N)c3)c2Nc2ccc(F)cc2)C1. The number of nitrogens with one attached hydrogen (secondary N) is 2. The Morgan fingerprint density at radius 3 is 2.59 bits per heavy atom. The molecule has 3 heterocycles. The van der Waals surface area contributed by atoms with E-state index in [2.05, 4.69) is 15.3 Å². The number of nitrogens with two attached hydrogens (primary N) is 1. The van der Waals surface area contributed by atoms with Crippen molar-refractivity contribution in [2.45, 2.75) is 32.9 Å². The topological polar surface area (TPSA) is 113 Å². The first-order chi connectivity index (χ1) is 15.1. The summed E-state index contributed by atoms with van der Waals surface area (Å²) in [6.45, 7) is 5.37. The Balaban J connectivity index is 1.76. The Hall–Kier alpha value is -3.88. The lowest BCUT2D eigenvalue weighted by molar-refractivity contribution is 0.0218. The zero-order valence-corrected chi connectivity index (χ0v) is 18.0. The number of hydrogen-bond donors (Lipinski definition) is 3. The maximum atomic E-state index is 13.4. The summed E-state index contributed by atoms with van der Waals surface area (Å²) in [5.74, 6) is -0.284. The number of ketones is 1. The number of halogens is 1. The van der Waals surface area contributed by atoms with Crippen molar-refractivity contribution in [1.82, 2.24) is 14.9 Å². The molecular formula is C23H24FN5O3. The first kappa shape index (κ1) is 21.4. The highest BCUT2D eigenvalue weighted by molar-refractivity contribution is 6.09. The predicted octanol–water partition coefficient (Wildman–Crippen LogP) is 4.48. The van der Waals surface area contributed by atoms with Crippen molar-refractivity contribution in [2.24, 2.45) is 0 Å². The molecule has 0 saturated heterocycles. The average molecular weight is 437 g/mol. The Labute approximate surface area is 184 Å². The van der Waals surface area contributed by atoms with Crippen molar-refractivity contribution in [3.63, 3.8) is 0 Å². The Morgan fingerprint density at radius 1 is 1.22 bits per heavy atom. The van der Waals surface area contributed by atoms with E-state index in [1.54, 1.807) is 51.2 Å². The molecule has 0 fully saturated rings. The van der Waals surface area contributed by atoms with Crippen LogP contribution in [0.4, 0.5) is 26.4 Å². The van der Waals surface area contributed by atoms with Crippen molar-refractivity contribution in [2.75, 3.05) is 17.6 Å². The van der Waals surface area contributed by atoms with E-state index in [0.717, 1.165) is 0 Å². The molecule has 1 aliphatic heterocycles. The minimum Gasteiger partial charge on any atom is -0.444 e. The number of hydrogen-bond acceptors (Lipinski definition) is 6. The van der Waals surface area contributed by atoms with Crippen LogP contribution in [0.3, 0.4) is 0 Å². The molecule has 0 aliphatic carbocycles. The first-order valence-corrected chi connectivity index (χ1v) is 10.1. The van der Waals surface area contributed by atoms with Crippen molar-refractivity contribution in [3.8, 4) is 11.3 Å². The number of aromatic amines is 1. The third-order valence-electron chi connectivity index (χ3n) is 4.87. The van der Waals surface area contributed by atoms with Gasteiger partial charge in [0.1, 0.15) is 17.2 Å². The fourth-order valence-electron chi connectivity index (χ4n) is 3.56. The van der Waals surface area contributed by atoms with Crippen molar-refractivity contribution in [3.05, 3.63) is 59.7 Å². The third kappa shape index (κ3) is 4.41. The number of nitrogens with zero attached hydrogens (tertiary/aromatic N) is 2. The number of Topliss-reactive ketones (excluding diaryl/α,β-unsaturated/α-hetero) is 1.